The molecule has 3 rings (SSSR count). The lowest BCUT2D eigenvalue weighted by atomic mass is 10.0. The fourth-order valence-corrected chi connectivity index (χ4v) is 2.84. The number of rotatable bonds is 3. The summed E-state index contributed by atoms with van der Waals surface area (Å²) in [5, 5.41) is 3.39. The van der Waals surface area contributed by atoms with E-state index in [0.717, 1.165) is 26.1 Å². The molecule has 1 unspecified atom stereocenters. The van der Waals surface area contributed by atoms with Crippen LogP contribution in [-0.4, -0.2) is 35.4 Å². The molecule has 0 radical (unpaired) electrons. The van der Waals surface area contributed by atoms with E-state index in [-0.39, 0.29) is 24.4 Å². The average molecular weight is 320 g/mol. The highest BCUT2D eigenvalue weighted by Crippen LogP contribution is 2.24. The third kappa shape index (κ3) is 3.34. The standard InChI is InChI=1S/C17H21N3O.ClH/c1-2-13-5-7-14(8-6-13)16-12-18-10-11-20(16)17(21)15-4-3-9-19-15;/h3-9,16,18-19H,2,10-12H2,1H3;1H. The van der Waals surface area contributed by atoms with Gasteiger partial charge in [-0.15, -0.1) is 12.4 Å². The molecule has 0 aliphatic carbocycles. The van der Waals surface area contributed by atoms with Gasteiger partial charge in [-0.1, -0.05) is 31.2 Å². The molecule has 22 heavy (non-hydrogen) atoms. The van der Waals surface area contributed by atoms with Crippen molar-refractivity contribution in [2.45, 2.75) is 19.4 Å². The van der Waals surface area contributed by atoms with Gasteiger partial charge < -0.3 is 15.2 Å². The minimum absolute atomic E-state index is 0. The van der Waals surface area contributed by atoms with E-state index >= 15 is 0 Å². The second-order valence-corrected chi connectivity index (χ2v) is 5.40. The number of aromatic nitrogens is 1. The highest BCUT2D eigenvalue weighted by Gasteiger charge is 2.28. The number of hydrogen-bond acceptors (Lipinski definition) is 2. The highest BCUT2D eigenvalue weighted by atomic mass is 35.5. The van der Waals surface area contributed by atoms with Crippen molar-refractivity contribution in [1.82, 2.24) is 15.2 Å². The van der Waals surface area contributed by atoms with Gasteiger partial charge in [0.15, 0.2) is 0 Å². The van der Waals surface area contributed by atoms with Gasteiger partial charge in [-0.05, 0) is 29.7 Å². The van der Waals surface area contributed by atoms with Crippen LogP contribution in [0.15, 0.2) is 42.6 Å². The molecule has 2 heterocycles. The van der Waals surface area contributed by atoms with Crippen LogP contribution in [0.1, 0.15) is 34.6 Å². The van der Waals surface area contributed by atoms with E-state index in [2.05, 4.69) is 41.5 Å². The van der Waals surface area contributed by atoms with E-state index in [4.69, 9.17) is 0 Å². The average Bonchev–Trinajstić information content (AvgIpc) is 3.09. The fraction of sp³-hybridized carbons (Fsp3) is 0.353. The lowest BCUT2D eigenvalue weighted by molar-refractivity contribution is 0.0629. The smallest absolute Gasteiger partial charge is 0.270 e. The SMILES string of the molecule is CCc1ccc(C2CNCCN2C(=O)c2ccc[nH]2)cc1.Cl. The van der Waals surface area contributed by atoms with Gasteiger partial charge in [-0.25, -0.2) is 0 Å². The Kier molecular flexibility index (Phi) is 5.63. The van der Waals surface area contributed by atoms with Crippen molar-refractivity contribution in [3.05, 3.63) is 59.4 Å². The highest BCUT2D eigenvalue weighted by molar-refractivity contribution is 5.92. The Bertz CT molecular complexity index is 595. The molecule has 0 bridgehead atoms. The number of piperazine rings is 1. The monoisotopic (exact) mass is 319 g/mol. The third-order valence-electron chi connectivity index (χ3n) is 4.11. The van der Waals surface area contributed by atoms with Gasteiger partial charge in [0.1, 0.15) is 5.69 Å². The Morgan fingerprint density at radius 1 is 1.27 bits per heavy atom. The Morgan fingerprint density at radius 2 is 2.05 bits per heavy atom. The van der Waals surface area contributed by atoms with Crippen LogP contribution in [0.3, 0.4) is 0 Å². The lowest BCUT2D eigenvalue weighted by Crippen LogP contribution is -2.48. The molecule has 2 N–H and O–H groups in total. The second-order valence-electron chi connectivity index (χ2n) is 5.40. The summed E-state index contributed by atoms with van der Waals surface area (Å²) in [6, 6.07) is 12.4. The molecular weight excluding hydrogens is 298 g/mol. The number of amides is 1. The summed E-state index contributed by atoms with van der Waals surface area (Å²) in [6.07, 6.45) is 2.83. The summed E-state index contributed by atoms with van der Waals surface area (Å²) < 4.78 is 0. The Hall–Kier alpha value is -1.78. The molecule has 1 fully saturated rings. The molecule has 1 aliphatic heterocycles. The Balaban J connectivity index is 0.00000176. The normalized spacial score (nSPS) is 17.9. The quantitative estimate of drug-likeness (QED) is 0.914. The number of carbonyl (C=O) groups excluding carboxylic acids is 1. The van der Waals surface area contributed by atoms with Crippen molar-refractivity contribution in [1.29, 1.82) is 0 Å². The molecule has 1 amide bonds. The predicted molar refractivity (Wildman–Crippen MR) is 90.5 cm³/mol. The van der Waals surface area contributed by atoms with Crippen molar-refractivity contribution in [3.8, 4) is 0 Å². The summed E-state index contributed by atoms with van der Waals surface area (Å²) in [4.78, 5) is 17.6. The van der Waals surface area contributed by atoms with Gasteiger partial charge in [-0.3, -0.25) is 4.79 Å². The minimum Gasteiger partial charge on any atom is -0.357 e. The minimum atomic E-state index is 0. The summed E-state index contributed by atoms with van der Waals surface area (Å²) in [7, 11) is 0. The van der Waals surface area contributed by atoms with Gasteiger partial charge >= 0.3 is 0 Å². The van der Waals surface area contributed by atoms with Crippen molar-refractivity contribution in [3.63, 3.8) is 0 Å². The van der Waals surface area contributed by atoms with E-state index in [1.807, 2.05) is 17.0 Å². The maximum atomic E-state index is 12.6. The van der Waals surface area contributed by atoms with Crippen molar-refractivity contribution >= 4 is 18.3 Å². The van der Waals surface area contributed by atoms with Gasteiger partial charge in [0.2, 0.25) is 0 Å². The van der Waals surface area contributed by atoms with Crippen LogP contribution in [0.25, 0.3) is 0 Å². The van der Waals surface area contributed by atoms with Crippen LogP contribution in [-0.2, 0) is 6.42 Å². The van der Waals surface area contributed by atoms with Crippen molar-refractivity contribution in [2.75, 3.05) is 19.6 Å². The zero-order chi connectivity index (χ0) is 14.7. The molecule has 1 aromatic carbocycles. The fourth-order valence-electron chi connectivity index (χ4n) is 2.84. The van der Waals surface area contributed by atoms with Gasteiger partial charge in [0, 0.05) is 25.8 Å². The molecule has 0 saturated carbocycles. The van der Waals surface area contributed by atoms with Crippen molar-refractivity contribution < 1.29 is 4.79 Å². The van der Waals surface area contributed by atoms with E-state index < -0.39 is 0 Å². The van der Waals surface area contributed by atoms with Crippen LogP contribution in [0.2, 0.25) is 0 Å². The number of nitrogens with one attached hydrogen (secondary N) is 2. The van der Waals surface area contributed by atoms with Crippen LogP contribution in [0.5, 0.6) is 0 Å². The molecule has 1 atom stereocenters. The summed E-state index contributed by atoms with van der Waals surface area (Å²) in [5.74, 6) is 0.0751. The number of hydrogen-bond donors (Lipinski definition) is 2. The maximum Gasteiger partial charge on any atom is 0.270 e. The molecule has 4 nitrogen and oxygen atoms in total. The first-order chi connectivity index (χ1) is 10.3. The molecule has 1 aliphatic rings. The molecule has 118 valence electrons. The van der Waals surface area contributed by atoms with Crippen molar-refractivity contribution in [2.24, 2.45) is 0 Å². The summed E-state index contributed by atoms with van der Waals surface area (Å²) >= 11 is 0. The number of aromatic amines is 1. The first kappa shape index (κ1) is 16.6. The third-order valence-corrected chi connectivity index (χ3v) is 4.11. The molecule has 5 heteroatoms. The zero-order valence-corrected chi connectivity index (χ0v) is 13.5. The lowest BCUT2D eigenvalue weighted by Gasteiger charge is -2.36. The first-order valence-corrected chi connectivity index (χ1v) is 7.53. The van der Waals surface area contributed by atoms with Crippen LogP contribution in [0, 0.1) is 0 Å². The largest absolute Gasteiger partial charge is 0.357 e. The molecular formula is C17H22ClN3O. The Labute approximate surface area is 137 Å². The Morgan fingerprint density at radius 3 is 2.68 bits per heavy atom. The zero-order valence-electron chi connectivity index (χ0n) is 12.7. The van der Waals surface area contributed by atoms with Crippen LogP contribution in [0.4, 0.5) is 0 Å². The topological polar surface area (TPSA) is 48.1 Å². The van der Waals surface area contributed by atoms with Crippen LogP contribution < -0.4 is 5.32 Å². The number of halogens is 1. The molecule has 1 saturated heterocycles. The van der Waals surface area contributed by atoms with E-state index in [1.165, 1.54) is 11.1 Å². The maximum absolute atomic E-state index is 12.6. The van der Waals surface area contributed by atoms with Gasteiger partial charge in [0.05, 0.1) is 6.04 Å². The second kappa shape index (κ2) is 7.47. The summed E-state index contributed by atoms with van der Waals surface area (Å²) in [5.41, 5.74) is 3.18. The molecule has 1 aromatic heterocycles. The van der Waals surface area contributed by atoms with Gasteiger partial charge in [-0.2, -0.15) is 0 Å². The summed E-state index contributed by atoms with van der Waals surface area (Å²) in [6.45, 7) is 4.53. The van der Waals surface area contributed by atoms with E-state index in [9.17, 15) is 4.79 Å². The molecule has 2 aromatic rings. The predicted octanol–water partition coefficient (Wildman–Crippen LogP) is 2.79. The van der Waals surface area contributed by atoms with Gasteiger partial charge in [0.25, 0.3) is 5.91 Å². The first-order valence-electron chi connectivity index (χ1n) is 7.53. The number of benzene rings is 1. The number of aryl methyl sites for hydroxylation is 1. The number of carbonyl (C=O) groups is 1. The number of nitrogens with zero attached hydrogens (tertiary/aromatic N) is 1. The van der Waals surface area contributed by atoms with E-state index in [0.29, 0.717) is 5.69 Å². The van der Waals surface area contributed by atoms with Crippen LogP contribution >= 0.6 is 12.4 Å². The number of H-pyrrole nitrogens is 1. The van der Waals surface area contributed by atoms with E-state index in [1.54, 1.807) is 6.20 Å². The molecule has 0 spiro atoms.